The summed E-state index contributed by atoms with van der Waals surface area (Å²) in [5.74, 6) is -0.247. The van der Waals surface area contributed by atoms with Gasteiger partial charge in [-0.2, -0.15) is 0 Å². The summed E-state index contributed by atoms with van der Waals surface area (Å²) in [6.07, 6.45) is 1.72. The molecule has 3 heterocycles. The molecule has 2 fully saturated rings. The second-order valence-corrected chi connectivity index (χ2v) is 9.00. The summed E-state index contributed by atoms with van der Waals surface area (Å²) < 4.78 is 1.83. The number of carbonyl (C=O) groups is 2. The van der Waals surface area contributed by atoms with Gasteiger partial charge in [0.15, 0.2) is 0 Å². The lowest BCUT2D eigenvalue weighted by Gasteiger charge is -2.34. The van der Waals surface area contributed by atoms with Crippen molar-refractivity contribution in [2.75, 3.05) is 24.5 Å². The van der Waals surface area contributed by atoms with Crippen LogP contribution >= 0.6 is 0 Å². The zero-order chi connectivity index (χ0) is 22.4. The molecule has 166 valence electrons. The molecule has 2 aliphatic rings. The van der Waals surface area contributed by atoms with Gasteiger partial charge in [0.05, 0.1) is 17.0 Å². The minimum absolute atomic E-state index is 0.0114. The first-order valence-corrected chi connectivity index (χ1v) is 11.3. The monoisotopic (exact) mass is 432 g/mol. The molecular weight excluding hydrogens is 404 g/mol. The zero-order valence-electron chi connectivity index (χ0n) is 18.5. The van der Waals surface area contributed by atoms with E-state index in [4.69, 9.17) is 0 Å². The molecule has 1 N–H and O–H groups in total. The molecule has 1 aromatic heterocycles. The Morgan fingerprint density at radius 2 is 1.75 bits per heavy atom. The van der Waals surface area contributed by atoms with Crippen molar-refractivity contribution < 1.29 is 9.59 Å². The van der Waals surface area contributed by atoms with Crippen LogP contribution in [0.25, 0.3) is 11.0 Å². The number of piperidine rings is 1. The van der Waals surface area contributed by atoms with Crippen LogP contribution in [0.5, 0.6) is 0 Å². The van der Waals surface area contributed by atoms with E-state index in [2.05, 4.69) is 4.98 Å². The quantitative estimate of drug-likeness (QED) is 0.691. The predicted molar refractivity (Wildman–Crippen MR) is 124 cm³/mol. The standard InChI is InChI=1S/C25H28N4O3/c1-16-6-5-9-21(17(16)2)28-15-18(14-23(28)30)24(31)27-12-10-19(11-13-27)29-22-8-4-3-7-20(22)26-25(29)32/h3-9,18-19H,10-15H2,1-2H3,(H,26,32). The Kier molecular flexibility index (Phi) is 5.12. The number of fused-ring (bicyclic) bond motifs is 1. The van der Waals surface area contributed by atoms with Crippen molar-refractivity contribution in [3.8, 4) is 0 Å². The van der Waals surface area contributed by atoms with Crippen molar-refractivity contribution in [3.05, 3.63) is 64.1 Å². The summed E-state index contributed by atoms with van der Waals surface area (Å²) in [7, 11) is 0. The third-order valence-corrected chi connectivity index (χ3v) is 7.11. The molecular formula is C25H28N4O3. The van der Waals surface area contributed by atoms with E-state index in [-0.39, 0.29) is 35.9 Å². The van der Waals surface area contributed by atoms with Gasteiger partial charge in [0, 0.05) is 37.8 Å². The van der Waals surface area contributed by atoms with Crippen LogP contribution < -0.4 is 10.6 Å². The van der Waals surface area contributed by atoms with Crippen LogP contribution in [-0.4, -0.2) is 45.9 Å². The first kappa shape index (κ1) is 20.5. The fraction of sp³-hybridized carbons (Fsp3) is 0.400. The van der Waals surface area contributed by atoms with Gasteiger partial charge in [-0.1, -0.05) is 24.3 Å². The van der Waals surface area contributed by atoms with Crippen molar-refractivity contribution in [2.45, 2.75) is 39.2 Å². The first-order chi connectivity index (χ1) is 15.4. The molecule has 0 aliphatic carbocycles. The fourth-order valence-electron chi connectivity index (χ4n) is 5.17. The normalized spacial score (nSPS) is 19.8. The third-order valence-electron chi connectivity index (χ3n) is 7.11. The van der Waals surface area contributed by atoms with E-state index >= 15 is 0 Å². The SMILES string of the molecule is Cc1cccc(N2CC(C(=O)N3CCC(n4c(=O)[nH]c5ccccc54)CC3)CC2=O)c1C. The largest absolute Gasteiger partial charge is 0.342 e. The second-order valence-electron chi connectivity index (χ2n) is 9.00. The lowest BCUT2D eigenvalue weighted by atomic mass is 10.0. The van der Waals surface area contributed by atoms with Crippen LogP contribution in [0.4, 0.5) is 5.69 Å². The lowest BCUT2D eigenvalue weighted by Crippen LogP contribution is -2.43. The maximum absolute atomic E-state index is 13.2. The number of nitrogens with zero attached hydrogens (tertiary/aromatic N) is 3. The number of hydrogen-bond donors (Lipinski definition) is 1. The van der Waals surface area contributed by atoms with Crippen molar-refractivity contribution >= 4 is 28.5 Å². The molecule has 7 nitrogen and oxygen atoms in total. The minimum atomic E-state index is -0.310. The van der Waals surface area contributed by atoms with Gasteiger partial charge in [-0.15, -0.1) is 0 Å². The minimum Gasteiger partial charge on any atom is -0.342 e. The Morgan fingerprint density at radius 1 is 1.00 bits per heavy atom. The molecule has 0 saturated carbocycles. The van der Waals surface area contributed by atoms with Crippen LogP contribution in [0.15, 0.2) is 47.3 Å². The molecule has 0 radical (unpaired) electrons. The molecule has 2 amide bonds. The number of carbonyl (C=O) groups excluding carboxylic acids is 2. The van der Waals surface area contributed by atoms with Crippen molar-refractivity contribution in [1.29, 1.82) is 0 Å². The average molecular weight is 433 g/mol. The van der Waals surface area contributed by atoms with Gasteiger partial charge in [-0.3, -0.25) is 14.2 Å². The number of anilines is 1. The van der Waals surface area contributed by atoms with Gasteiger partial charge in [-0.25, -0.2) is 4.79 Å². The van der Waals surface area contributed by atoms with Crippen molar-refractivity contribution in [3.63, 3.8) is 0 Å². The first-order valence-electron chi connectivity index (χ1n) is 11.3. The van der Waals surface area contributed by atoms with Gasteiger partial charge in [-0.05, 0) is 56.0 Å². The summed E-state index contributed by atoms with van der Waals surface area (Å²) in [6, 6.07) is 13.7. The summed E-state index contributed by atoms with van der Waals surface area (Å²) in [5.41, 5.74) is 4.78. The summed E-state index contributed by atoms with van der Waals surface area (Å²) in [5, 5.41) is 0. The molecule has 0 bridgehead atoms. The molecule has 2 aliphatic heterocycles. The number of para-hydroxylation sites is 2. The van der Waals surface area contributed by atoms with Gasteiger partial charge >= 0.3 is 5.69 Å². The number of aromatic nitrogens is 2. The number of likely N-dealkylation sites (tertiary alicyclic amines) is 1. The second kappa shape index (κ2) is 7.97. The molecule has 1 atom stereocenters. The smallest absolute Gasteiger partial charge is 0.326 e. The van der Waals surface area contributed by atoms with Crippen LogP contribution in [0.3, 0.4) is 0 Å². The van der Waals surface area contributed by atoms with Crippen LogP contribution in [0.2, 0.25) is 0 Å². The Labute approximate surface area is 186 Å². The van der Waals surface area contributed by atoms with Gasteiger partial charge in [0.25, 0.3) is 0 Å². The number of benzene rings is 2. The zero-order valence-corrected chi connectivity index (χ0v) is 18.5. The molecule has 7 heteroatoms. The highest BCUT2D eigenvalue weighted by atomic mass is 16.2. The van der Waals surface area contributed by atoms with E-state index in [9.17, 15) is 14.4 Å². The summed E-state index contributed by atoms with van der Waals surface area (Å²) in [6.45, 7) is 5.69. The Morgan fingerprint density at radius 3 is 2.53 bits per heavy atom. The van der Waals surface area contributed by atoms with E-state index < -0.39 is 0 Å². The Balaban J connectivity index is 1.27. The molecule has 1 unspecified atom stereocenters. The van der Waals surface area contributed by atoms with E-state index in [0.717, 1.165) is 40.7 Å². The topological polar surface area (TPSA) is 78.4 Å². The molecule has 2 aromatic carbocycles. The average Bonchev–Trinajstić information content (AvgIpc) is 3.34. The number of H-pyrrole nitrogens is 1. The maximum atomic E-state index is 13.2. The Hall–Kier alpha value is -3.35. The fourth-order valence-corrected chi connectivity index (χ4v) is 5.17. The van der Waals surface area contributed by atoms with Crippen LogP contribution in [-0.2, 0) is 9.59 Å². The van der Waals surface area contributed by atoms with E-state index in [0.29, 0.717) is 19.6 Å². The maximum Gasteiger partial charge on any atom is 0.326 e. The predicted octanol–water partition coefficient (Wildman–Crippen LogP) is 3.16. The molecule has 32 heavy (non-hydrogen) atoms. The molecule has 2 saturated heterocycles. The number of rotatable bonds is 3. The number of nitrogens with one attached hydrogen (secondary N) is 1. The van der Waals surface area contributed by atoms with Gasteiger partial charge in [0.2, 0.25) is 11.8 Å². The van der Waals surface area contributed by atoms with E-state index in [1.54, 1.807) is 4.90 Å². The molecule has 0 spiro atoms. The highest BCUT2D eigenvalue weighted by molar-refractivity contribution is 6.01. The highest BCUT2D eigenvalue weighted by Gasteiger charge is 2.38. The number of aryl methyl sites for hydroxylation is 1. The number of aromatic amines is 1. The number of imidazole rings is 1. The lowest BCUT2D eigenvalue weighted by molar-refractivity contribution is -0.137. The van der Waals surface area contributed by atoms with Crippen molar-refractivity contribution in [1.82, 2.24) is 14.5 Å². The molecule has 5 rings (SSSR count). The third kappa shape index (κ3) is 3.42. The summed E-state index contributed by atoms with van der Waals surface area (Å²) in [4.78, 5) is 45.0. The molecule has 3 aromatic rings. The van der Waals surface area contributed by atoms with Crippen LogP contribution in [0.1, 0.15) is 36.4 Å². The van der Waals surface area contributed by atoms with Gasteiger partial charge < -0.3 is 14.8 Å². The number of hydrogen-bond acceptors (Lipinski definition) is 3. The number of amides is 2. The Bertz CT molecular complexity index is 1250. The van der Waals surface area contributed by atoms with Crippen LogP contribution in [0, 0.1) is 19.8 Å². The van der Waals surface area contributed by atoms with E-state index in [1.807, 2.05) is 65.8 Å². The van der Waals surface area contributed by atoms with E-state index in [1.165, 1.54) is 0 Å². The summed E-state index contributed by atoms with van der Waals surface area (Å²) >= 11 is 0. The van der Waals surface area contributed by atoms with Crippen molar-refractivity contribution in [2.24, 2.45) is 5.92 Å². The highest BCUT2D eigenvalue weighted by Crippen LogP contribution is 2.32. The van der Waals surface area contributed by atoms with Gasteiger partial charge in [0.1, 0.15) is 0 Å².